The van der Waals surface area contributed by atoms with E-state index in [1.54, 1.807) is 17.0 Å². The van der Waals surface area contributed by atoms with Crippen molar-refractivity contribution >= 4 is 22.9 Å². The largest absolute Gasteiger partial charge is 0.369 e. The molecule has 1 amide bonds. The van der Waals surface area contributed by atoms with Gasteiger partial charge in [0.1, 0.15) is 11.6 Å². The third-order valence-corrected chi connectivity index (χ3v) is 3.21. The molecule has 1 saturated carbocycles. The quantitative estimate of drug-likeness (QED) is 0.839. The Morgan fingerprint density at radius 2 is 2.39 bits per heavy atom. The Morgan fingerprint density at radius 3 is 3.11 bits per heavy atom. The third kappa shape index (κ3) is 1.79. The predicted molar refractivity (Wildman–Crippen MR) is 67.8 cm³/mol. The number of nitrogens with zero attached hydrogens (tertiary/aromatic N) is 3. The molecule has 3 rings (SSSR count). The first-order valence-corrected chi connectivity index (χ1v) is 6.04. The first-order valence-electron chi connectivity index (χ1n) is 6.04. The van der Waals surface area contributed by atoms with Crippen LogP contribution in [0, 0.1) is 0 Å². The van der Waals surface area contributed by atoms with Gasteiger partial charge in [-0.25, -0.2) is 4.98 Å². The normalized spacial score (nSPS) is 16.7. The summed E-state index contributed by atoms with van der Waals surface area (Å²) in [5.74, 6) is 0.330. The van der Waals surface area contributed by atoms with Gasteiger partial charge in [-0.2, -0.15) is 0 Å². The molecule has 0 radical (unpaired) electrons. The van der Waals surface area contributed by atoms with Crippen LogP contribution in [0.15, 0.2) is 18.5 Å². The van der Waals surface area contributed by atoms with Crippen LogP contribution in [0.4, 0.5) is 5.95 Å². The van der Waals surface area contributed by atoms with Crippen molar-refractivity contribution in [2.45, 2.75) is 31.8 Å². The monoisotopic (exact) mass is 245 g/mol. The number of pyridine rings is 1. The fraction of sp³-hybridized carbons (Fsp3) is 0.417. The van der Waals surface area contributed by atoms with Crippen LogP contribution in [-0.4, -0.2) is 26.5 Å². The molecule has 2 aromatic rings. The Morgan fingerprint density at radius 1 is 1.61 bits per heavy atom. The maximum Gasteiger partial charge on any atom is 0.243 e. The minimum Gasteiger partial charge on any atom is -0.369 e. The van der Waals surface area contributed by atoms with Gasteiger partial charge >= 0.3 is 0 Å². The number of rotatable bonds is 3. The summed E-state index contributed by atoms with van der Waals surface area (Å²) >= 11 is 0. The Kier molecular flexibility index (Phi) is 2.43. The number of hydrogen-bond acceptors (Lipinski definition) is 4. The summed E-state index contributed by atoms with van der Waals surface area (Å²) < 4.78 is 1.74. The molecule has 3 N–H and O–H groups in total. The van der Waals surface area contributed by atoms with E-state index in [9.17, 15) is 4.79 Å². The van der Waals surface area contributed by atoms with Gasteiger partial charge in [-0.3, -0.25) is 14.3 Å². The number of nitrogens with one attached hydrogen (secondary N) is 1. The fourth-order valence-corrected chi connectivity index (χ4v) is 2.04. The number of fused-ring (bicyclic) bond motifs is 1. The number of carbonyl (C=O) groups excluding carboxylic acids is 1. The molecule has 1 atom stereocenters. The zero-order chi connectivity index (χ0) is 12.7. The molecule has 0 aliphatic heterocycles. The van der Waals surface area contributed by atoms with E-state index in [2.05, 4.69) is 15.3 Å². The Labute approximate surface area is 104 Å². The molecule has 0 bridgehead atoms. The molecule has 0 aromatic carbocycles. The summed E-state index contributed by atoms with van der Waals surface area (Å²) in [7, 11) is 0. The maximum absolute atomic E-state index is 12.1. The molecule has 1 unspecified atom stereocenters. The fourth-order valence-electron chi connectivity index (χ4n) is 2.04. The Hall–Kier alpha value is -2.11. The average molecular weight is 245 g/mol. The van der Waals surface area contributed by atoms with Gasteiger partial charge in [0.2, 0.25) is 11.9 Å². The average Bonchev–Trinajstić information content (AvgIpc) is 3.09. The van der Waals surface area contributed by atoms with Crippen molar-refractivity contribution in [2.75, 3.05) is 5.73 Å². The molecule has 1 aliphatic rings. The third-order valence-electron chi connectivity index (χ3n) is 3.21. The standard InChI is InChI=1S/C12H15N5O/c1-7(11(18)15-8-2-3-8)17-10-4-5-14-6-9(10)16-12(17)13/h4-8H,2-3H2,1H3,(H2,13,16)(H,15,18). The number of anilines is 1. The van der Waals surface area contributed by atoms with Crippen molar-refractivity contribution in [3.63, 3.8) is 0 Å². The summed E-state index contributed by atoms with van der Waals surface area (Å²) in [6.45, 7) is 1.83. The molecule has 2 aromatic heterocycles. The van der Waals surface area contributed by atoms with Gasteiger partial charge in [-0.15, -0.1) is 0 Å². The molecule has 6 heteroatoms. The van der Waals surface area contributed by atoms with E-state index in [4.69, 9.17) is 5.73 Å². The van der Waals surface area contributed by atoms with E-state index < -0.39 is 0 Å². The van der Waals surface area contributed by atoms with Crippen LogP contribution in [0.5, 0.6) is 0 Å². The van der Waals surface area contributed by atoms with Crippen molar-refractivity contribution in [3.05, 3.63) is 18.5 Å². The number of nitrogen functional groups attached to an aromatic ring is 1. The van der Waals surface area contributed by atoms with Crippen LogP contribution < -0.4 is 11.1 Å². The lowest BCUT2D eigenvalue weighted by atomic mass is 10.3. The zero-order valence-corrected chi connectivity index (χ0v) is 10.1. The summed E-state index contributed by atoms with van der Waals surface area (Å²) in [6.07, 6.45) is 5.46. The van der Waals surface area contributed by atoms with Gasteiger partial charge in [-0.1, -0.05) is 0 Å². The van der Waals surface area contributed by atoms with Gasteiger partial charge in [0, 0.05) is 12.2 Å². The van der Waals surface area contributed by atoms with E-state index in [-0.39, 0.29) is 11.9 Å². The highest BCUT2D eigenvalue weighted by molar-refractivity contribution is 5.85. The molecule has 94 valence electrons. The van der Waals surface area contributed by atoms with E-state index >= 15 is 0 Å². The lowest BCUT2D eigenvalue weighted by molar-refractivity contribution is -0.123. The van der Waals surface area contributed by atoms with Crippen LogP contribution in [0.1, 0.15) is 25.8 Å². The lowest BCUT2D eigenvalue weighted by Crippen LogP contribution is -2.32. The summed E-state index contributed by atoms with van der Waals surface area (Å²) in [4.78, 5) is 20.3. The number of aromatic nitrogens is 3. The molecule has 0 saturated heterocycles. The first kappa shape index (κ1) is 11.0. The van der Waals surface area contributed by atoms with Crippen molar-refractivity contribution in [3.8, 4) is 0 Å². The topological polar surface area (TPSA) is 85.8 Å². The van der Waals surface area contributed by atoms with Crippen molar-refractivity contribution in [2.24, 2.45) is 0 Å². The lowest BCUT2D eigenvalue weighted by Gasteiger charge is -2.15. The first-order chi connectivity index (χ1) is 8.66. The molecule has 1 fully saturated rings. The number of hydrogen-bond donors (Lipinski definition) is 2. The maximum atomic E-state index is 12.1. The van der Waals surface area contributed by atoms with Gasteiger partial charge in [0.05, 0.1) is 11.7 Å². The number of imidazole rings is 1. The second-order valence-electron chi connectivity index (χ2n) is 4.66. The van der Waals surface area contributed by atoms with Gasteiger partial charge in [0.15, 0.2) is 0 Å². The summed E-state index contributed by atoms with van der Waals surface area (Å²) in [5.41, 5.74) is 7.43. The smallest absolute Gasteiger partial charge is 0.243 e. The molecule has 18 heavy (non-hydrogen) atoms. The molecule has 2 heterocycles. The zero-order valence-electron chi connectivity index (χ0n) is 10.1. The molecular weight excluding hydrogens is 230 g/mol. The second-order valence-corrected chi connectivity index (χ2v) is 4.66. The Bertz CT molecular complexity index is 602. The second kappa shape index (κ2) is 3.97. The minimum atomic E-state index is -0.363. The predicted octanol–water partition coefficient (Wildman–Crippen LogP) is 0.853. The SMILES string of the molecule is CC(C(=O)NC1CC1)n1c(N)nc2cnccc21. The molecule has 0 spiro atoms. The Balaban J connectivity index is 1.96. The number of carbonyl (C=O) groups is 1. The van der Waals surface area contributed by atoms with Crippen molar-refractivity contribution in [1.29, 1.82) is 0 Å². The highest BCUT2D eigenvalue weighted by Gasteiger charge is 2.27. The highest BCUT2D eigenvalue weighted by Crippen LogP contribution is 2.24. The van der Waals surface area contributed by atoms with Crippen LogP contribution in [-0.2, 0) is 4.79 Å². The van der Waals surface area contributed by atoms with Gasteiger partial charge in [0.25, 0.3) is 0 Å². The van der Waals surface area contributed by atoms with E-state index in [1.807, 2.05) is 13.0 Å². The summed E-state index contributed by atoms with van der Waals surface area (Å²) in [6, 6.07) is 1.80. The molecule has 6 nitrogen and oxygen atoms in total. The van der Waals surface area contributed by atoms with Crippen molar-refractivity contribution < 1.29 is 4.79 Å². The number of nitrogens with two attached hydrogens (primary N) is 1. The van der Waals surface area contributed by atoms with Gasteiger partial charge in [-0.05, 0) is 25.8 Å². The summed E-state index contributed by atoms with van der Waals surface area (Å²) in [5, 5.41) is 2.98. The van der Waals surface area contributed by atoms with E-state index in [0.717, 1.165) is 18.4 Å². The van der Waals surface area contributed by atoms with Gasteiger partial charge < -0.3 is 11.1 Å². The molecule has 1 aliphatic carbocycles. The van der Waals surface area contributed by atoms with Crippen LogP contribution in [0.3, 0.4) is 0 Å². The molecular formula is C12H15N5O. The highest BCUT2D eigenvalue weighted by atomic mass is 16.2. The van der Waals surface area contributed by atoms with E-state index in [1.165, 1.54) is 0 Å². The minimum absolute atomic E-state index is 0.0136. The van der Waals surface area contributed by atoms with Crippen LogP contribution in [0.2, 0.25) is 0 Å². The number of amides is 1. The van der Waals surface area contributed by atoms with E-state index in [0.29, 0.717) is 17.5 Å². The van der Waals surface area contributed by atoms with Crippen LogP contribution in [0.25, 0.3) is 11.0 Å². The van der Waals surface area contributed by atoms with Crippen LogP contribution >= 0.6 is 0 Å². The van der Waals surface area contributed by atoms with Crippen molar-refractivity contribution in [1.82, 2.24) is 19.9 Å².